The average molecular weight is 1100 g/mol. The molecule has 5 aromatic heterocycles. The lowest BCUT2D eigenvalue weighted by Crippen LogP contribution is -2.41. The molecule has 17 rings (SSSR count). The van der Waals surface area contributed by atoms with Crippen LogP contribution in [0, 0.1) is 0 Å². The van der Waals surface area contributed by atoms with E-state index in [1.807, 2.05) is 18.2 Å². The first-order valence-corrected chi connectivity index (χ1v) is 28.0. The number of para-hydroxylation sites is 7. The predicted octanol–water partition coefficient (Wildman–Crippen LogP) is 16.5. The van der Waals surface area contributed by atoms with E-state index in [2.05, 4.69) is 279 Å². The van der Waals surface area contributed by atoms with Crippen LogP contribution in [-0.2, 0) is 15.7 Å². The van der Waals surface area contributed by atoms with Crippen LogP contribution in [-0.4, -0.2) is 51.2 Å². The molecule has 6 heterocycles. The molecule has 10 aromatic carbocycles. The topological polar surface area (TPSA) is 78.7 Å². The lowest BCUT2D eigenvalue weighted by molar-refractivity contribution is 0.00578. The minimum absolute atomic E-state index is 0.289. The molecule has 386 valence electrons. The van der Waals surface area contributed by atoms with E-state index in [4.69, 9.17) is 19.3 Å². The maximum Gasteiger partial charge on any atom is 0.494 e. The fourth-order valence-electron chi connectivity index (χ4n) is 11.9. The number of imidazole rings is 4. The van der Waals surface area contributed by atoms with Gasteiger partial charge in [0.1, 0.15) is 0 Å². The van der Waals surface area contributed by atoms with Crippen molar-refractivity contribution in [3.8, 4) is 33.6 Å². The Morgan fingerprint density at radius 1 is 0.438 bits per heavy atom. The number of nitrogens with zero attached hydrogens (tertiary/aromatic N) is 6. The van der Waals surface area contributed by atoms with Crippen molar-refractivity contribution in [2.75, 3.05) is 0 Å². The van der Waals surface area contributed by atoms with Crippen molar-refractivity contribution in [1.82, 2.24) is 32.9 Å². The van der Waals surface area contributed by atoms with Gasteiger partial charge in [0.25, 0.3) is 0 Å². The number of hydrogen-bond acceptors (Lipinski definition) is 4. The number of rotatable bonds is 4. The summed E-state index contributed by atoms with van der Waals surface area (Å²) >= 11 is 3.59. The zero-order valence-corrected chi connectivity index (χ0v) is 46.2. The smallest absolute Gasteiger partial charge is 0.399 e. The summed E-state index contributed by atoms with van der Waals surface area (Å²) in [5.41, 5.74) is 21.7. The van der Waals surface area contributed by atoms with E-state index in [1.54, 1.807) is 0 Å². The Bertz CT molecular complexity index is 4900. The summed E-state index contributed by atoms with van der Waals surface area (Å²) in [6.45, 7) is 8.37. The van der Waals surface area contributed by atoms with Crippen LogP contribution in [0.1, 0.15) is 38.8 Å². The van der Waals surface area contributed by atoms with Gasteiger partial charge in [-0.2, -0.15) is 0 Å². The molecule has 1 fully saturated rings. The summed E-state index contributed by atoms with van der Waals surface area (Å²) in [5, 5.41) is 2.50. The summed E-state index contributed by atoms with van der Waals surface area (Å²) in [4.78, 5) is 13.4. The third-order valence-corrected chi connectivity index (χ3v) is 17.1. The van der Waals surface area contributed by atoms with Crippen LogP contribution in [0.4, 0.5) is 0 Å². The van der Waals surface area contributed by atoms with Crippen LogP contribution in [0.3, 0.4) is 0 Å². The lowest BCUT2D eigenvalue weighted by atomic mass is 9.77. The van der Waals surface area contributed by atoms with Gasteiger partial charge in [0.2, 0.25) is 11.6 Å². The minimum atomic E-state index is -0.297. The Kier molecular flexibility index (Phi) is 11.2. The molecule has 9 nitrogen and oxygen atoms in total. The van der Waals surface area contributed by atoms with Crippen molar-refractivity contribution >= 4 is 106 Å². The van der Waals surface area contributed by atoms with Gasteiger partial charge in [-0.25, -0.2) is 9.97 Å². The highest BCUT2D eigenvalue weighted by atomic mass is 79.9. The standard InChI is InChI=1S/C31H20N4.C19H21BO2.C19H12BrN3/c1-2-8-22(9-3-1)34-30-19-21(15-17-29(30)35-28-13-7-6-12-27(28)33-31(34)35)20-14-16-26-24(18-20)23-10-4-5-11-25(23)32-26;1-18(2)19(3,4)22-20(21-18)15-10-9-14-11-13-7-5-6-8-16(13)17(14)12-15;20-13-10-11-17-18(12-13)22(14-6-2-1-3-7-14)19-21-15-8-4-5-9-16(15)23(17)19/h1-19,32H;5-10,12H,11H2,1-4H3;1-12H. The fourth-order valence-corrected chi connectivity index (χ4v) is 12.3. The maximum atomic E-state index is 6.18. The highest BCUT2D eigenvalue weighted by Crippen LogP contribution is 2.40. The second-order valence-corrected chi connectivity index (χ2v) is 22.8. The highest BCUT2D eigenvalue weighted by molar-refractivity contribution is 9.10. The van der Waals surface area contributed by atoms with Crippen molar-refractivity contribution in [1.29, 1.82) is 0 Å². The van der Waals surface area contributed by atoms with E-state index in [1.165, 1.54) is 49.7 Å². The van der Waals surface area contributed by atoms with E-state index in [-0.39, 0.29) is 18.3 Å². The van der Waals surface area contributed by atoms with Gasteiger partial charge in [-0.3, -0.25) is 17.9 Å². The molecule has 80 heavy (non-hydrogen) atoms. The van der Waals surface area contributed by atoms with E-state index >= 15 is 0 Å². The van der Waals surface area contributed by atoms with E-state index in [9.17, 15) is 0 Å². The van der Waals surface area contributed by atoms with Crippen LogP contribution in [0.15, 0.2) is 235 Å². The van der Waals surface area contributed by atoms with Gasteiger partial charge in [-0.15, -0.1) is 0 Å². The molecule has 0 unspecified atom stereocenters. The van der Waals surface area contributed by atoms with Crippen molar-refractivity contribution in [3.63, 3.8) is 0 Å². The largest absolute Gasteiger partial charge is 0.494 e. The van der Waals surface area contributed by atoms with Gasteiger partial charge in [-0.05, 0) is 170 Å². The first-order valence-electron chi connectivity index (χ1n) is 27.2. The fraction of sp³-hybridized carbons (Fsp3) is 0.101. The highest BCUT2D eigenvalue weighted by Gasteiger charge is 2.52. The molecular formula is C69H53BBrN7O2. The van der Waals surface area contributed by atoms with Gasteiger partial charge in [0.05, 0.1) is 55.3 Å². The average Bonchev–Trinajstić information content (AvgIpc) is 4.15. The Labute approximate surface area is 470 Å². The summed E-state index contributed by atoms with van der Waals surface area (Å²) in [6, 6.07) is 81.0. The zero-order valence-electron chi connectivity index (χ0n) is 44.6. The van der Waals surface area contributed by atoms with Gasteiger partial charge in [0, 0.05) is 37.7 Å². The van der Waals surface area contributed by atoms with Crippen molar-refractivity contribution < 1.29 is 9.31 Å². The summed E-state index contributed by atoms with van der Waals surface area (Å²) < 4.78 is 22.4. The summed E-state index contributed by atoms with van der Waals surface area (Å²) in [6.07, 6.45) is 1.02. The molecule has 0 bridgehead atoms. The van der Waals surface area contributed by atoms with E-state index < -0.39 is 0 Å². The number of aromatic nitrogens is 7. The number of H-pyrrole nitrogens is 1. The molecule has 0 radical (unpaired) electrons. The van der Waals surface area contributed by atoms with Crippen LogP contribution in [0.25, 0.3) is 111 Å². The Morgan fingerprint density at radius 3 is 1.64 bits per heavy atom. The van der Waals surface area contributed by atoms with Gasteiger partial charge in [0.15, 0.2) is 0 Å². The molecule has 1 aliphatic carbocycles. The first kappa shape index (κ1) is 48.2. The molecule has 2 aliphatic rings. The van der Waals surface area contributed by atoms with Crippen molar-refractivity contribution in [2.24, 2.45) is 0 Å². The Morgan fingerprint density at radius 2 is 0.963 bits per heavy atom. The maximum absolute atomic E-state index is 6.18. The molecule has 15 aromatic rings. The first-order chi connectivity index (χ1) is 39.0. The summed E-state index contributed by atoms with van der Waals surface area (Å²) in [5.74, 6) is 1.86. The number of aromatic amines is 1. The van der Waals surface area contributed by atoms with Gasteiger partial charge >= 0.3 is 7.12 Å². The van der Waals surface area contributed by atoms with Crippen molar-refractivity contribution in [3.05, 3.63) is 246 Å². The Balaban J connectivity index is 0.000000108. The quantitative estimate of drug-likeness (QED) is 0.178. The normalized spacial score (nSPS) is 14.3. The van der Waals surface area contributed by atoms with E-state index in [0.717, 1.165) is 88.9 Å². The Hall–Kier alpha value is -9.00. The zero-order chi connectivity index (χ0) is 53.9. The third-order valence-electron chi connectivity index (χ3n) is 16.6. The number of benzene rings is 10. The number of hydrogen-bond donors (Lipinski definition) is 1. The number of fused-ring (bicyclic) bond motifs is 16. The minimum Gasteiger partial charge on any atom is -0.399 e. The van der Waals surface area contributed by atoms with Crippen LogP contribution < -0.4 is 5.46 Å². The monoisotopic (exact) mass is 1100 g/mol. The molecule has 0 spiro atoms. The third kappa shape index (κ3) is 7.82. The van der Waals surface area contributed by atoms with Gasteiger partial charge < -0.3 is 14.3 Å². The van der Waals surface area contributed by atoms with Crippen molar-refractivity contribution in [2.45, 2.75) is 45.3 Å². The number of nitrogens with one attached hydrogen (secondary N) is 1. The molecule has 0 saturated carbocycles. The van der Waals surface area contributed by atoms with Crippen LogP contribution >= 0.6 is 15.9 Å². The molecule has 1 aliphatic heterocycles. The predicted molar refractivity (Wildman–Crippen MR) is 332 cm³/mol. The SMILES string of the molecule is Brc1ccc2c(c1)n(-c1ccccc1)c1nc3ccccc3n21.CC1(C)OB(c2ccc3c(c2)-c2ccccc2C3)OC1(C)C.c1ccc(-n2c3cc(-c4ccc5[nH]c6ccccc6c5c4)ccc3n3c4ccccc4nc23)cc1. The van der Waals surface area contributed by atoms with Gasteiger partial charge in [-0.1, -0.05) is 149 Å². The van der Waals surface area contributed by atoms with Crippen LogP contribution in [0.5, 0.6) is 0 Å². The number of halogens is 1. The molecular weight excluding hydrogens is 1050 g/mol. The van der Waals surface area contributed by atoms with Crippen LogP contribution in [0.2, 0.25) is 0 Å². The molecule has 11 heteroatoms. The van der Waals surface area contributed by atoms with E-state index in [0.29, 0.717) is 0 Å². The molecule has 0 amide bonds. The molecule has 1 N–H and O–H groups in total. The molecule has 0 atom stereocenters. The second-order valence-electron chi connectivity index (χ2n) is 21.9. The molecule has 1 saturated heterocycles. The summed E-state index contributed by atoms with van der Waals surface area (Å²) in [7, 11) is -0.289. The lowest BCUT2D eigenvalue weighted by Gasteiger charge is -2.32. The second kappa shape index (κ2) is 18.6.